The average Bonchev–Trinajstić information content (AvgIpc) is 2.72. The summed E-state index contributed by atoms with van der Waals surface area (Å²) in [7, 11) is 1.36. The van der Waals surface area contributed by atoms with E-state index in [9.17, 15) is 9.59 Å². The van der Waals surface area contributed by atoms with Crippen LogP contribution in [0.25, 0.3) is 11.1 Å². The molecule has 1 amide bonds. The number of hydrogen-bond acceptors (Lipinski definition) is 6. The molecule has 32 heavy (non-hydrogen) atoms. The van der Waals surface area contributed by atoms with Crippen LogP contribution in [0, 0.1) is 0 Å². The molecule has 0 bridgehead atoms. The highest BCUT2D eigenvalue weighted by atomic mass is 16.6. The molecule has 1 aromatic carbocycles. The van der Waals surface area contributed by atoms with Crippen LogP contribution >= 0.6 is 0 Å². The smallest absolute Gasteiger partial charge is 0.410 e. The summed E-state index contributed by atoms with van der Waals surface area (Å²) in [5.74, 6) is -0.449. The number of rotatable bonds is 4. The van der Waals surface area contributed by atoms with Crippen LogP contribution in [-0.4, -0.2) is 64.7 Å². The number of ether oxygens (including phenoxy) is 2. The molecule has 2 aromatic rings. The molecule has 0 unspecified atom stereocenters. The van der Waals surface area contributed by atoms with E-state index in [-0.39, 0.29) is 18.2 Å². The van der Waals surface area contributed by atoms with Crippen molar-refractivity contribution in [3.63, 3.8) is 0 Å². The van der Waals surface area contributed by atoms with E-state index < -0.39 is 11.6 Å². The van der Waals surface area contributed by atoms with Crippen LogP contribution in [0.15, 0.2) is 42.6 Å². The minimum absolute atomic E-state index is 0.0610. The number of aromatic nitrogens is 1. The molecule has 0 radical (unpaired) electrons. The molecule has 172 valence electrons. The third-order valence-electron chi connectivity index (χ3n) is 5.46. The van der Waals surface area contributed by atoms with E-state index in [0.29, 0.717) is 5.69 Å². The van der Waals surface area contributed by atoms with E-state index in [1.807, 2.05) is 49.9 Å². The van der Waals surface area contributed by atoms with Crippen LogP contribution in [0.3, 0.4) is 0 Å². The van der Waals surface area contributed by atoms with Crippen LogP contribution in [-0.2, 0) is 16.0 Å². The molecule has 3 rings (SSSR count). The Kier molecular flexibility index (Phi) is 7.19. The molecular weight excluding hydrogens is 406 g/mol. The lowest BCUT2D eigenvalue weighted by molar-refractivity contribution is -0.0162. The highest BCUT2D eigenvalue weighted by Gasteiger charge is 2.35. The number of piperazine rings is 1. The summed E-state index contributed by atoms with van der Waals surface area (Å²) in [5, 5.41) is 0. The molecule has 1 fully saturated rings. The van der Waals surface area contributed by atoms with E-state index in [2.05, 4.69) is 35.9 Å². The Balaban J connectivity index is 1.67. The minimum Gasteiger partial charge on any atom is -0.464 e. The SMILES string of the molecule is COC(=O)c1ncccc1-c1ccc(CN2C[C@@H](C)N(C(=O)OC(C)(C)C)[C@@H](C)C2)cc1. The van der Waals surface area contributed by atoms with Gasteiger partial charge in [-0.25, -0.2) is 14.6 Å². The fourth-order valence-electron chi connectivity index (χ4n) is 4.18. The molecule has 1 aliphatic heterocycles. The van der Waals surface area contributed by atoms with Gasteiger partial charge in [0.05, 0.1) is 7.11 Å². The highest BCUT2D eigenvalue weighted by Crippen LogP contribution is 2.25. The summed E-state index contributed by atoms with van der Waals surface area (Å²) in [6.45, 7) is 12.1. The minimum atomic E-state index is -0.503. The number of pyridine rings is 1. The van der Waals surface area contributed by atoms with Gasteiger partial charge in [-0.05, 0) is 51.8 Å². The first-order valence-electron chi connectivity index (χ1n) is 11.0. The topological polar surface area (TPSA) is 72.0 Å². The van der Waals surface area contributed by atoms with Gasteiger partial charge in [-0.2, -0.15) is 0 Å². The molecule has 7 nitrogen and oxygen atoms in total. The zero-order chi connectivity index (χ0) is 23.5. The van der Waals surface area contributed by atoms with Gasteiger partial charge in [0.2, 0.25) is 0 Å². The number of nitrogens with zero attached hydrogens (tertiary/aromatic N) is 3. The van der Waals surface area contributed by atoms with Gasteiger partial charge in [-0.1, -0.05) is 30.3 Å². The van der Waals surface area contributed by atoms with Crippen LogP contribution in [0.2, 0.25) is 0 Å². The standard InChI is InChI=1S/C25H33N3O4/c1-17-14-27(15-18(2)28(17)24(30)32-25(3,4)5)16-19-9-11-20(12-10-19)21-8-7-13-26-22(21)23(29)31-6/h7-13,17-18H,14-16H2,1-6H3/t17-,18+. The lowest BCUT2D eigenvalue weighted by atomic mass is 10.0. The third-order valence-corrected chi connectivity index (χ3v) is 5.46. The van der Waals surface area contributed by atoms with E-state index in [1.165, 1.54) is 12.7 Å². The quantitative estimate of drug-likeness (QED) is 0.659. The van der Waals surface area contributed by atoms with Gasteiger partial charge >= 0.3 is 12.1 Å². The number of methoxy groups -OCH3 is 1. The van der Waals surface area contributed by atoms with Crippen molar-refractivity contribution in [1.82, 2.24) is 14.8 Å². The summed E-state index contributed by atoms with van der Waals surface area (Å²) in [6, 6.07) is 11.9. The van der Waals surface area contributed by atoms with Crippen molar-refractivity contribution >= 4 is 12.1 Å². The van der Waals surface area contributed by atoms with Gasteiger partial charge < -0.3 is 14.4 Å². The Bertz CT molecular complexity index is 940. The first-order valence-corrected chi connectivity index (χ1v) is 11.0. The van der Waals surface area contributed by atoms with Crippen molar-refractivity contribution in [3.05, 3.63) is 53.9 Å². The molecule has 1 aromatic heterocycles. The molecule has 2 heterocycles. The van der Waals surface area contributed by atoms with Crippen LogP contribution < -0.4 is 0 Å². The van der Waals surface area contributed by atoms with E-state index >= 15 is 0 Å². The van der Waals surface area contributed by atoms with Crippen molar-refractivity contribution in [1.29, 1.82) is 0 Å². The number of amides is 1. The number of carbonyl (C=O) groups is 2. The highest BCUT2D eigenvalue weighted by molar-refractivity contribution is 5.95. The first-order chi connectivity index (χ1) is 15.1. The Morgan fingerprint density at radius 2 is 1.69 bits per heavy atom. The second-order valence-electron chi connectivity index (χ2n) is 9.37. The second kappa shape index (κ2) is 9.69. The van der Waals surface area contributed by atoms with Gasteiger partial charge in [-0.15, -0.1) is 0 Å². The lowest BCUT2D eigenvalue weighted by Gasteiger charge is -2.44. The Hall–Kier alpha value is -2.93. The van der Waals surface area contributed by atoms with Gasteiger partial charge in [0.1, 0.15) is 5.60 Å². The average molecular weight is 440 g/mol. The monoisotopic (exact) mass is 439 g/mol. The van der Waals surface area contributed by atoms with Gasteiger partial charge in [-0.3, -0.25) is 4.90 Å². The van der Waals surface area contributed by atoms with Gasteiger partial charge in [0.25, 0.3) is 0 Å². The van der Waals surface area contributed by atoms with Crippen molar-refractivity contribution < 1.29 is 19.1 Å². The fraction of sp³-hybridized carbons (Fsp3) is 0.480. The zero-order valence-corrected chi connectivity index (χ0v) is 19.8. The molecule has 0 spiro atoms. The lowest BCUT2D eigenvalue weighted by Crippen LogP contribution is -2.59. The van der Waals surface area contributed by atoms with Crippen molar-refractivity contribution in [2.45, 2.75) is 58.8 Å². The van der Waals surface area contributed by atoms with Gasteiger partial charge in [0.15, 0.2) is 5.69 Å². The maximum atomic E-state index is 12.6. The Morgan fingerprint density at radius 3 is 2.25 bits per heavy atom. The Morgan fingerprint density at radius 1 is 1.06 bits per heavy atom. The molecule has 7 heteroatoms. The van der Waals surface area contributed by atoms with Crippen molar-refractivity contribution in [3.8, 4) is 11.1 Å². The molecule has 0 N–H and O–H groups in total. The summed E-state index contributed by atoms with van der Waals surface area (Å²) in [4.78, 5) is 33.0. The Labute approximate surface area is 190 Å². The normalized spacial score (nSPS) is 19.5. The van der Waals surface area contributed by atoms with E-state index in [4.69, 9.17) is 9.47 Å². The largest absolute Gasteiger partial charge is 0.464 e. The predicted molar refractivity (Wildman–Crippen MR) is 123 cm³/mol. The molecule has 1 aliphatic rings. The summed E-state index contributed by atoms with van der Waals surface area (Å²) in [5.41, 5.74) is 2.64. The van der Waals surface area contributed by atoms with E-state index in [1.54, 1.807) is 6.20 Å². The zero-order valence-electron chi connectivity index (χ0n) is 19.8. The first kappa shape index (κ1) is 23.7. The summed E-state index contributed by atoms with van der Waals surface area (Å²) < 4.78 is 10.4. The van der Waals surface area contributed by atoms with E-state index in [0.717, 1.165) is 30.8 Å². The molecule has 0 saturated carbocycles. The number of carbonyl (C=O) groups excluding carboxylic acids is 2. The molecular formula is C25H33N3O4. The number of hydrogen-bond donors (Lipinski definition) is 0. The van der Waals surface area contributed by atoms with Gasteiger partial charge in [0, 0.05) is 43.5 Å². The predicted octanol–water partition coefficient (Wildman–Crippen LogP) is 4.36. The van der Waals surface area contributed by atoms with Crippen molar-refractivity contribution in [2.75, 3.05) is 20.2 Å². The summed E-state index contributed by atoms with van der Waals surface area (Å²) >= 11 is 0. The maximum absolute atomic E-state index is 12.6. The van der Waals surface area contributed by atoms with Crippen LogP contribution in [0.4, 0.5) is 4.79 Å². The number of benzene rings is 1. The maximum Gasteiger partial charge on any atom is 0.410 e. The molecule has 1 saturated heterocycles. The second-order valence-corrected chi connectivity index (χ2v) is 9.37. The summed E-state index contributed by atoms with van der Waals surface area (Å²) in [6.07, 6.45) is 1.34. The molecule has 0 aliphatic carbocycles. The van der Waals surface area contributed by atoms with Crippen molar-refractivity contribution in [2.24, 2.45) is 0 Å². The fourth-order valence-corrected chi connectivity index (χ4v) is 4.18. The molecule has 2 atom stereocenters. The van der Waals surface area contributed by atoms with Crippen LogP contribution in [0.5, 0.6) is 0 Å². The third kappa shape index (κ3) is 5.65. The number of esters is 1. The van der Waals surface area contributed by atoms with Crippen LogP contribution in [0.1, 0.15) is 50.7 Å².